The number of fused-ring (bicyclic) bond motifs is 2. The van der Waals surface area contributed by atoms with Crippen LogP contribution in [0, 0.1) is 0 Å². The van der Waals surface area contributed by atoms with Gasteiger partial charge in [0.25, 0.3) is 0 Å². The van der Waals surface area contributed by atoms with E-state index in [0.717, 1.165) is 16.5 Å². The molecule has 1 aliphatic rings. The highest BCUT2D eigenvalue weighted by Gasteiger charge is 2.37. The number of amides is 1. The number of hydrogen-bond donors (Lipinski definition) is 5. The molecule has 2 aromatic carbocycles. The Kier molecular flexibility index (Phi) is 4.61. The smallest absolute Gasteiger partial charge is 0.534 e. The number of benzene rings is 2. The molecule has 0 bridgehead atoms. The third-order valence-corrected chi connectivity index (χ3v) is 4.76. The molecule has 0 radical (unpaired) electrons. The van der Waals surface area contributed by atoms with Crippen LogP contribution in [0.5, 0.6) is 5.75 Å². The molecule has 0 saturated carbocycles. The van der Waals surface area contributed by atoms with Crippen molar-refractivity contribution in [2.45, 2.75) is 25.1 Å². The molecule has 138 valence electrons. The minimum atomic E-state index is -1.69. The van der Waals surface area contributed by atoms with Crippen molar-refractivity contribution in [3.63, 3.8) is 0 Å². The number of aliphatic hydroxyl groups excluding tert-OH is 1. The van der Waals surface area contributed by atoms with Crippen LogP contribution in [0.3, 0.4) is 0 Å². The number of nitrogens with one attached hydrogen (secondary N) is 2. The lowest BCUT2D eigenvalue weighted by molar-refractivity contribution is -0.120. The fraction of sp³-hybridized carbons (Fsp3) is 0.211. The Bertz CT molecular complexity index is 987. The highest BCUT2D eigenvalue weighted by atomic mass is 16.5. The lowest BCUT2D eigenvalue weighted by Gasteiger charge is -2.29. The number of carbonyl (C=O) groups excluding carboxylic acids is 1. The van der Waals surface area contributed by atoms with Gasteiger partial charge in [-0.05, 0) is 35.1 Å². The number of rotatable bonds is 4. The third-order valence-electron chi connectivity index (χ3n) is 4.76. The van der Waals surface area contributed by atoms with Gasteiger partial charge < -0.3 is 30.2 Å². The number of aliphatic hydroxyl groups is 2. The van der Waals surface area contributed by atoms with Crippen molar-refractivity contribution in [3.8, 4) is 5.75 Å². The van der Waals surface area contributed by atoms with Gasteiger partial charge in [-0.1, -0.05) is 30.3 Å². The van der Waals surface area contributed by atoms with Gasteiger partial charge in [0.1, 0.15) is 5.75 Å². The van der Waals surface area contributed by atoms with Crippen molar-refractivity contribution in [1.82, 2.24) is 10.3 Å². The average molecular weight is 366 g/mol. The zero-order valence-electron chi connectivity index (χ0n) is 14.4. The van der Waals surface area contributed by atoms with Gasteiger partial charge in [-0.25, -0.2) is 0 Å². The van der Waals surface area contributed by atoms with E-state index < -0.39 is 19.3 Å². The number of aromatic nitrogens is 1. The summed E-state index contributed by atoms with van der Waals surface area (Å²) in [7, 11) is -1.27. The number of carbonyl (C=O) groups is 1. The SMILES string of the molecule is O=C(Cc1ccc2cc[nH]c2c1)N[C@H]1Cc2cccc(C(O)O)c2OB1O. The number of para-hydroxylation sites is 1. The van der Waals surface area contributed by atoms with Crippen LogP contribution < -0.4 is 9.97 Å². The van der Waals surface area contributed by atoms with Crippen molar-refractivity contribution in [3.05, 3.63) is 65.4 Å². The van der Waals surface area contributed by atoms with E-state index in [1.54, 1.807) is 12.1 Å². The third kappa shape index (κ3) is 3.55. The summed E-state index contributed by atoms with van der Waals surface area (Å²) in [6.45, 7) is 0. The molecule has 2 heterocycles. The van der Waals surface area contributed by atoms with E-state index in [1.165, 1.54) is 6.07 Å². The van der Waals surface area contributed by atoms with E-state index in [2.05, 4.69) is 10.3 Å². The topological polar surface area (TPSA) is 115 Å². The molecule has 7 nitrogen and oxygen atoms in total. The molecule has 27 heavy (non-hydrogen) atoms. The molecule has 5 N–H and O–H groups in total. The molecule has 0 saturated heterocycles. The highest BCUT2D eigenvalue weighted by Crippen LogP contribution is 2.32. The molecule has 1 aromatic heterocycles. The first-order chi connectivity index (χ1) is 13.0. The fourth-order valence-electron chi connectivity index (χ4n) is 3.42. The molecule has 0 unspecified atom stereocenters. The largest absolute Gasteiger partial charge is 0.547 e. The Morgan fingerprint density at radius 3 is 2.96 bits per heavy atom. The summed E-state index contributed by atoms with van der Waals surface area (Å²) in [6.07, 6.45) is 0.666. The van der Waals surface area contributed by atoms with Crippen molar-refractivity contribution >= 4 is 23.9 Å². The minimum absolute atomic E-state index is 0.181. The van der Waals surface area contributed by atoms with Gasteiger partial charge in [-0.15, -0.1) is 0 Å². The molecule has 1 atom stereocenters. The summed E-state index contributed by atoms with van der Waals surface area (Å²) in [5, 5.41) is 33.0. The van der Waals surface area contributed by atoms with Crippen LogP contribution in [0.4, 0.5) is 0 Å². The van der Waals surface area contributed by atoms with E-state index in [4.69, 9.17) is 4.65 Å². The Hall–Kier alpha value is -2.81. The Morgan fingerprint density at radius 2 is 2.15 bits per heavy atom. The molecule has 0 spiro atoms. The summed E-state index contributed by atoms with van der Waals surface area (Å²) < 4.78 is 5.45. The lowest BCUT2D eigenvalue weighted by atomic mass is 9.72. The zero-order valence-corrected chi connectivity index (χ0v) is 14.4. The Morgan fingerprint density at radius 1 is 1.30 bits per heavy atom. The number of H-pyrrole nitrogens is 1. The van der Waals surface area contributed by atoms with E-state index in [1.807, 2.05) is 30.5 Å². The van der Waals surface area contributed by atoms with Gasteiger partial charge in [0.15, 0.2) is 6.29 Å². The Labute approximate surface area is 155 Å². The molecular formula is C19H19BN2O5. The number of aromatic amines is 1. The van der Waals surface area contributed by atoms with Crippen LogP contribution in [0.25, 0.3) is 10.9 Å². The molecule has 8 heteroatoms. The summed E-state index contributed by atoms with van der Waals surface area (Å²) in [5.74, 6) is -0.594. The van der Waals surface area contributed by atoms with Crippen LogP contribution >= 0.6 is 0 Å². The zero-order chi connectivity index (χ0) is 19.0. The summed E-state index contributed by atoms with van der Waals surface area (Å²) in [6, 6.07) is 12.7. The van der Waals surface area contributed by atoms with Gasteiger partial charge in [-0.2, -0.15) is 0 Å². The summed E-state index contributed by atoms with van der Waals surface area (Å²) in [5.41, 5.74) is 2.71. The van der Waals surface area contributed by atoms with Gasteiger partial charge in [-0.3, -0.25) is 4.79 Å². The maximum Gasteiger partial charge on any atom is 0.547 e. The van der Waals surface area contributed by atoms with Crippen molar-refractivity contribution < 1.29 is 24.7 Å². The summed E-state index contributed by atoms with van der Waals surface area (Å²) in [4.78, 5) is 15.5. The highest BCUT2D eigenvalue weighted by molar-refractivity contribution is 6.46. The normalized spacial score (nSPS) is 16.3. The molecule has 3 aromatic rings. The maximum absolute atomic E-state index is 12.4. The second kappa shape index (κ2) is 7.07. The number of hydrogen-bond acceptors (Lipinski definition) is 5. The first-order valence-electron chi connectivity index (χ1n) is 8.69. The average Bonchev–Trinajstić information content (AvgIpc) is 3.09. The van der Waals surface area contributed by atoms with E-state index in [0.29, 0.717) is 12.0 Å². The Balaban J connectivity index is 1.46. The summed E-state index contributed by atoms with van der Waals surface area (Å²) >= 11 is 0. The second-order valence-electron chi connectivity index (χ2n) is 6.67. The second-order valence-corrected chi connectivity index (χ2v) is 6.67. The lowest BCUT2D eigenvalue weighted by Crippen LogP contribution is -2.53. The molecule has 0 aliphatic carbocycles. The minimum Gasteiger partial charge on any atom is -0.534 e. The standard InChI is InChI=1S/C19H19BN2O5/c23-17(9-11-4-5-12-6-7-21-15(12)8-11)22-16-10-13-2-1-3-14(19(24)25)18(13)27-20(16)26/h1-8,16,19,21,24-26H,9-10H2,(H,22,23)/t16-/m0/s1. The van der Waals surface area contributed by atoms with Gasteiger partial charge in [0, 0.05) is 17.3 Å². The van der Waals surface area contributed by atoms with E-state index in [9.17, 15) is 20.0 Å². The van der Waals surface area contributed by atoms with Crippen LogP contribution in [-0.2, 0) is 17.6 Å². The van der Waals surface area contributed by atoms with Gasteiger partial charge in [0.2, 0.25) is 5.91 Å². The van der Waals surface area contributed by atoms with Gasteiger partial charge in [0.05, 0.1) is 12.4 Å². The van der Waals surface area contributed by atoms with Crippen molar-refractivity contribution in [2.24, 2.45) is 0 Å². The van der Waals surface area contributed by atoms with Crippen LogP contribution in [-0.4, -0.2) is 39.2 Å². The predicted octanol–water partition coefficient (Wildman–Crippen LogP) is 0.833. The van der Waals surface area contributed by atoms with Gasteiger partial charge >= 0.3 is 7.12 Å². The quantitative estimate of drug-likeness (QED) is 0.347. The van der Waals surface area contributed by atoms with E-state index >= 15 is 0 Å². The molecule has 1 amide bonds. The molecule has 4 rings (SSSR count). The molecule has 0 fully saturated rings. The fourth-order valence-corrected chi connectivity index (χ4v) is 3.42. The van der Waals surface area contributed by atoms with E-state index in [-0.39, 0.29) is 23.6 Å². The first-order valence-corrected chi connectivity index (χ1v) is 8.69. The van der Waals surface area contributed by atoms with Crippen LogP contribution in [0.2, 0.25) is 0 Å². The maximum atomic E-state index is 12.4. The van der Waals surface area contributed by atoms with Crippen molar-refractivity contribution in [2.75, 3.05) is 0 Å². The first kappa shape index (κ1) is 17.6. The van der Waals surface area contributed by atoms with Crippen molar-refractivity contribution in [1.29, 1.82) is 0 Å². The van der Waals surface area contributed by atoms with Crippen LogP contribution in [0.1, 0.15) is 23.0 Å². The monoisotopic (exact) mass is 366 g/mol. The predicted molar refractivity (Wildman–Crippen MR) is 99.9 cm³/mol. The molecular weight excluding hydrogens is 347 g/mol. The molecule has 1 aliphatic heterocycles. The van der Waals surface area contributed by atoms with Crippen LogP contribution in [0.15, 0.2) is 48.7 Å².